The molecule has 162 valence electrons. The Bertz CT molecular complexity index is 913. The molecule has 0 N–H and O–H groups in total. The zero-order valence-electron chi connectivity index (χ0n) is 16.6. The summed E-state index contributed by atoms with van der Waals surface area (Å²) in [5, 5.41) is 11.3. The number of halogens is 3. The highest BCUT2D eigenvalue weighted by molar-refractivity contribution is 5.65. The van der Waals surface area contributed by atoms with Gasteiger partial charge in [-0.15, -0.1) is 0 Å². The van der Waals surface area contributed by atoms with Gasteiger partial charge in [-0.05, 0) is 29.8 Å². The predicted molar refractivity (Wildman–Crippen MR) is 105 cm³/mol. The molecule has 0 bridgehead atoms. The number of piperazine rings is 1. The van der Waals surface area contributed by atoms with Gasteiger partial charge in [0.05, 0.1) is 24.7 Å². The topological polar surface area (TPSA) is 68.1 Å². The van der Waals surface area contributed by atoms with Crippen LogP contribution in [0.5, 0.6) is 11.5 Å². The molecule has 0 radical (unpaired) electrons. The lowest BCUT2D eigenvalue weighted by molar-refractivity contribution is -0.384. The summed E-state index contributed by atoms with van der Waals surface area (Å²) in [6, 6.07) is 8.34. The van der Waals surface area contributed by atoms with E-state index >= 15 is 0 Å². The molecule has 0 saturated carbocycles. The van der Waals surface area contributed by atoms with Crippen molar-refractivity contribution in [1.82, 2.24) is 4.90 Å². The van der Waals surface area contributed by atoms with E-state index in [0.29, 0.717) is 50.3 Å². The second-order valence-electron chi connectivity index (χ2n) is 6.91. The van der Waals surface area contributed by atoms with Crippen molar-refractivity contribution in [3.8, 4) is 11.5 Å². The molecule has 1 saturated heterocycles. The van der Waals surface area contributed by atoms with Crippen LogP contribution >= 0.6 is 0 Å². The first-order valence-electron chi connectivity index (χ1n) is 9.26. The van der Waals surface area contributed by atoms with Crippen LogP contribution in [0.3, 0.4) is 0 Å². The van der Waals surface area contributed by atoms with Crippen molar-refractivity contribution in [2.24, 2.45) is 0 Å². The van der Waals surface area contributed by atoms with Crippen molar-refractivity contribution in [3.63, 3.8) is 0 Å². The molecule has 1 aliphatic heterocycles. The van der Waals surface area contributed by atoms with Crippen molar-refractivity contribution >= 4 is 11.4 Å². The molecule has 10 heteroatoms. The Labute approximate surface area is 171 Å². The van der Waals surface area contributed by atoms with Crippen LogP contribution < -0.4 is 14.4 Å². The van der Waals surface area contributed by atoms with Crippen LogP contribution in [0.25, 0.3) is 0 Å². The molecule has 0 spiro atoms. The van der Waals surface area contributed by atoms with Crippen molar-refractivity contribution < 1.29 is 27.6 Å². The molecule has 1 aliphatic rings. The molecule has 0 unspecified atom stereocenters. The summed E-state index contributed by atoms with van der Waals surface area (Å²) in [5.74, 6) is 1.27. The Kier molecular flexibility index (Phi) is 6.35. The Morgan fingerprint density at radius 1 is 1.00 bits per heavy atom. The van der Waals surface area contributed by atoms with Crippen LogP contribution in [0.4, 0.5) is 24.5 Å². The number of rotatable bonds is 6. The van der Waals surface area contributed by atoms with E-state index in [1.54, 1.807) is 19.1 Å². The van der Waals surface area contributed by atoms with Gasteiger partial charge in [-0.1, -0.05) is 6.07 Å². The van der Waals surface area contributed by atoms with Crippen molar-refractivity contribution in [2.75, 3.05) is 45.3 Å². The van der Waals surface area contributed by atoms with E-state index in [0.717, 1.165) is 11.6 Å². The first kappa shape index (κ1) is 21.7. The minimum atomic E-state index is -4.62. The number of nitro groups is 1. The standard InChI is InChI=1S/C20H22F3N3O4/c1-29-18-6-3-14(11-19(18)30-2)13-24-7-9-25(10-8-24)16-5-4-15(20(21,22)23)12-17(16)26(27)28/h3-6,11-12H,7-10,13H2,1-2H3. The number of hydrogen-bond acceptors (Lipinski definition) is 6. The van der Waals surface area contributed by atoms with Crippen LogP contribution in [-0.4, -0.2) is 50.2 Å². The SMILES string of the molecule is COc1ccc(CN2CCN(c3ccc(C(F)(F)F)cc3[N+](=O)[O-])CC2)cc1OC. The minimum Gasteiger partial charge on any atom is -0.493 e. The van der Waals surface area contributed by atoms with E-state index < -0.39 is 22.4 Å². The highest BCUT2D eigenvalue weighted by Crippen LogP contribution is 2.37. The first-order valence-corrected chi connectivity index (χ1v) is 9.26. The molecule has 1 heterocycles. The molecule has 0 amide bonds. The zero-order valence-corrected chi connectivity index (χ0v) is 16.6. The fraction of sp³-hybridized carbons (Fsp3) is 0.400. The Morgan fingerprint density at radius 3 is 2.23 bits per heavy atom. The van der Waals surface area contributed by atoms with Gasteiger partial charge >= 0.3 is 6.18 Å². The average molecular weight is 425 g/mol. The van der Waals surface area contributed by atoms with Crippen LogP contribution in [0.2, 0.25) is 0 Å². The number of nitro benzene ring substituents is 1. The Balaban J connectivity index is 1.69. The zero-order chi connectivity index (χ0) is 21.9. The molecule has 1 fully saturated rings. The lowest BCUT2D eigenvalue weighted by Gasteiger charge is -2.36. The van der Waals surface area contributed by atoms with Crippen LogP contribution in [0, 0.1) is 10.1 Å². The van der Waals surface area contributed by atoms with Crippen LogP contribution in [0.15, 0.2) is 36.4 Å². The summed E-state index contributed by atoms with van der Waals surface area (Å²) >= 11 is 0. The van der Waals surface area contributed by atoms with Gasteiger partial charge in [-0.2, -0.15) is 13.2 Å². The van der Waals surface area contributed by atoms with Gasteiger partial charge < -0.3 is 14.4 Å². The molecular formula is C20H22F3N3O4. The van der Waals surface area contributed by atoms with Gasteiger partial charge in [0.25, 0.3) is 5.69 Å². The molecule has 2 aromatic carbocycles. The number of hydrogen-bond donors (Lipinski definition) is 0. The lowest BCUT2D eigenvalue weighted by atomic mass is 10.1. The smallest absolute Gasteiger partial charge is 0.416 e. The molecule has 7 nitrogen and oxygen atoms in total. The fourth-order valence-electron chi connectivity index (χ4n) is 3.50. The van der Waals surface area contributed by atoms with Gasteiger partial charge in [0, 0.05) is 38.8 Å². The van der Waals surface area contributed by atoms with Gasteiger partial charge in [0.2, 0.25) is 0 Å². The van der Waals surface area contributed by atoms with Crippen LogP contribution in [-0.2, 0) is 12.7 Å². The maximum atomic E-state index is 12.9. The normalized spacial score (nSPS) is 15.2. The third-order valence-electron chi connectivity index (χ3n) is 5.07. The van der Waals surface area contributed by atoms with Crippen molar-refractivity contribution in [2.45, 2.75) is 12.7 Å². The maximum Gasteiger partial charge on any atom is 0.416 e. The largest absolute Gasteiger partial charge is 0.493 e. The van der Waals surface area contributed by atoms with E-state index in [1.807, 2.05) is 18.2 Å². The third-order valence-corrected chi connectivity index (χ3v) is 5.07. The van der Waals surface area contributed by atoms with E-state index in [2.05, 4.69) is 4.90 Å². The van der Waals surface area contributed by atoms with Gasteiger partial charge in [-0.3, -0.25) is 15.0 Å². The monoisotopic (exact) mass is 425 g/mol. The molecule has 2 aromatic rings. The minimum absolute atomic E-state index is 0.207. The Morgan fingerprint density at radius 2 is 1.67 bits per heavy atom. The van der Waals surface area contributed by atoms with E-state index in [1.165, 1.54) is 6.07 Å². The highest BCUT2D eigenvalue weighted by Gasteiger charge is 2.34. The summed E-state index contributed by atoms with van der Waals surface area (Å²) in [7, 11) is 3.13. The molecule has 0 aromatic heterocycles. The predicted octanol–water partition coefficient (Wildman–Crippen LogP) is 3.95. The summed E-state index contributed by atoms with van der Waals surface area (Å²) in [6.45, 7) is 2.83. The maximum absolute atomic E-state index is 12.9. The third kappa shape index (κ3) is 4.76. The van der Waals surface area contributed by atoms with Gasteiger partial charge in [0.1, 0.15) is 5.69 Å². The van der Waals surface area contributed by atoms with Crippen LogP contribution in [0.1, 0.15) is 11.1 Å². The van der Waals surface area contributed by atoms with Crippen molar-refractivity contribution in [3.05, 3.63) is 57.6 Å². The number of benzene rings is 2. The molecule has 3 rings (SSSR count). The summed E-state index contributed by atoms with van der Waals surface area (Å²) in [5.41, 5.74) is -0.316. The number of alkyl halides is 3. The lowest BCUT2D eigenvalue weighted by Crippen LogP contribution is -2.46. The van der Waals surface area contributed by atoms with Gasteiger partial charge in [0.15, 0.2) is 11.5 Å². The van der Waals surface area contributed by atoms with E-state index in [-0.39, 0.29) is 5.69 Å². The van der Waals surface area contributed by atoms with E-state index in [4.69, 9.17) is 9.47 Å². The fourth-order valence-corrected chi connectivity index (χ4v) is 3.50. The molecule has 0 aliphatic carbocycles. The Hall–Kier alpha value is -3.01. The first-order chi connectivity index (χ1) is 14.2. The summed E-state index contributed by atoms with van der Waals surface area (Å²) in [6.07, 6.45) is -4.62. The molecular weight excluding hydrogens is 403 g/mol. The summed E-state index contributed by atoms with van der Waals surface area (Å²) < 4.78 is 49.3. The number of ether oxygens (including phenoxy) is 2. The quantitative estimate of drug-likeness (QED) is 0.516. The van der Waals surface area contributed by atoms with Crippen molar-refractivity contribution in [1.29, 1.82) is 0 Å². The molecule has 0 atom stereocenters. The average Bonchev–Trinajstić information content (AvgIpc) is 2.73. The highest BCUT2D eigenvalue weighted by atomic mass is 19.4. The van der Waals surface area contributed by atoms with E-state index in [9.17, 15) is 23.3 Å². The second kappa shape index (κ2) is 8.78. The number of methoxy groups -OCH3 is 2. The number of anilines is 1. The summed E-state index contributed by atoms with van der Waals surface area (Å²) in [4.78, 5) is 14.5. The molecule has 30 heavy (non-hydrogen) atoms. The second-order valence-corrected chi connectivity index (χ2v) is 6.91. The number of nitrogens with zero attached hydrogens (tertiary/aromatic N) is 3. The van der Waals surface area contributed by atoms with Gasteiger partial charge in [-0.25, -0.2) is 0 Å².